The van der Waals surface area contributed by atoms with Crippen molar-refractivity contribution in [2.75, 3.05) is 21.1 Å². The van der Waals surface area contributed by atoms with E-state index in [4.69, 9.17) is 0 Å². The summed E-state index contributed by atoms with van der Waals surface area (Å²) >= 11 is 0. The maximum atomic E-state index is 4.49. The molecular formula is C16H27N3. The topological polar surface area (TPSA) is 28.2 Å². The molecule has 3 nitrogen and oxygen atoms in total. The fourth-order valence-electron chi connectivity index (χ4n) is 3.56. The normalized spacial score (nSPS) is 20.4. The van der Waals surface area contributed by atoms with E-state index in [1.807, 2.05) is 12.3 Å². The maximum Gasteiger partial charge on any atom is 0.0419 e. The summed E-state index contributed by atoms with van der Waals surface area (Å²) in [6.45, 7) is 0. The minimum Gasteiger partial charge on any atom is -0.315 e. The quantitative estimate of drug-likeness (QED) is 0.882. The molecule has 1 aliphatic carbocycles. The summed E-state index contributed by atoms with van der Waals surface area (Å²) in [5.74, 6) is 0. The van der Waals surface area contributed by atoms with Crippen molar-refractivity contribution in [2.24, 2.45) is 0 Å². The first-order chi connectivity index (χ1) is 9.19. The molecule has 0 amide bonds. The average molecular weight is 261 g/mol. The van der Waals surface area contributed by atoms with E-state index in [1.165, 1.54) is 37.8 Å². The first-order valence-electron chi connectivity index (χ1n) is 7.43. The number of pyridine rings is 1. The Bertz CT molecular complexity index is 369. The van der Waals surface area contributed by atoms with Crippen LogP contribution in [0.5, 0.6) is 0 Å². The number of likely N-dealkylation sites (N-methyl/N-ethyl adjacent to an activating group) is 2. The standard InChI is InChI=1S/C16H27N3/c1-17-15(13-14-9-5-8-12-18-14)16(19(2)3)10-6-4-7-11-16/h5,8-9,12,15,17H,4,6-7,10-11,13H2,1-3H3. The molecule has 0 spiro atoms. The van der Waals surface area contributed by atoms with Crippen molar-refractivity contribution >= 4 is 0 Å². The molecule has 1 fully saturated rings. The van der Waals surface area contributed by atoms with Crippen LogP contribution in [0.25, 0.3) is 0 Å². The summed E-state index contributed by atoms with van der Waals surface area (Å²) in [6.07, 6.45) is 9.56. The number of hydrogen-bond acceptors (Lipinski definition) is 3. The van der Waals surface area contributed by atoms with Gasteiger partial charge in [-0.1, -0.05) is 25.3 Å². The van der Waals surface area contributed by atoms with Crippen molar-refractivity contribution in [1.29, 1.82) is 0 Å². The molecule has 0 saturated heterocycles. The fourth-order valence-corrected chi connectivity index (χ4v) is 3.56. The summed E-state index contributed by atoms with van der Waals surface area (Å²) in [5, 5.41) is 3.56. The molecule has 1 saturated carbocycles. The van der Waals surface area contributed by atoms with Crippen LogP contribution >= 0.6 is 0 Å². The van der Waals surface area contributed by atoms with Crippen LogP contribution in [0.1, 0.15) is 37.8 Å². The smallest absolute Gasteiger partial charge is 0.0419 e. The number of rotatable bonds is 5. The highest BCUT2D eigenvalue weighted by molar-refractivity contribution is 5.10. The summed E-state index contributed by atoms with van der Waals surface area (Å²) < 4.78 is 0. The number of hydrogen-bond donors (Lipinski definition) is 1. The second-order valence-electron chi connectivity index (χ2n) is 5.93. The van der Waals surface area contributed by atoms with E-state index < -0.39 is 0 Å². The molecule has 0 aromatic carbocycles. The van der Waals surface area contributed by atoms with E-state index in [0.717, 1.165) is 6.42 Å². The van der Waals surface area contributed by atoms with Crippen LogP contribution in [0.3, 0.4) is 0 Å². The van der Waals surface area contributed by atoms with Crippen LogP contribution in [0, 0.1) is 0 Å². The van der Waals surface area contributed by atoms with Crippen molar-refractivity contribution in [2.45, 2.75) is 50.1 Å². The summed E-state index contributed by atoms with van der Waals surface area (Å²) in [7, 11) is 6.55. The van der Waals surface area contributed by atoms with Gasteiger partial charge in [0.2, 0.25) is 0 Å². The molecule has 1 aromatic rings. The van der Waals surface area contributed by atoms with Crippen LogP contribution in [0.4, 0.5) is 0 Å². The van der Waals surface area contributed by atoms with E-state index in [9.17, 15) is 0 Å². The molecular weight excluding hydrogens is 234 g/mol. The van der Waals surface area contributed by atoms with Crippen molar-refractivity contribution in [3.63, 3.8) is 0 Å². The van der Waals surface area contributed by atoms with Crippen LogP contribution in [-0.2, 0) is 6.42 Å². The summed E-state index contributed by atoms with van der Waals surface area (Å²) in [6, 6.07) is 6.67. The van der Waals surface area contributed by atoms with Crippen LogP contribution in [-0.4, -0.2) is 42.6 Å². The summed E-state index contributed by atoms with van der Waals surface area (Å²) in [4.78, 5) is 6.93. The van der Waals surface area contributed by atoms with Gasteiger partial charge in [0.1, 0.15) is 0 Å². The lowest BCUT2D eigenvalue weighted by Gasteiger charge is -2.48. The van der Waals surface area contributed by atoms with Crippen LogP contribution in [0.15, 0.2) is 24.4 Å². The SMILES string of the molecule is CNC(Cc1ccccn1)C1(N(C)C)CCCCC1. The predicted molar refractivity (Wildman–Crippen MR) is 80.3 cm³/mol. The van der Waals surface area contributed by atoms with Crippen molar-refractivity contribution in [1.82, 2.24) is 15.2 Å². The minimum absolute atomic E-state index is 0.282. The Hall–Kier alpha value is -0.930. The van der Waals surface area contributed by atoms with Gasteiger partial charge in [0, 0.05) is 29.9 Å². The van der Waals surface area contributed by atoms with Gasteiger partial charge in [0.15, 0.2) is 0 Å². The molecule has 106 valence electrons. The van der Waals surface area contributed by atoms with Gasteiger partial charge in [-0.2, -0.15) is 0 Å². The van der Waals surface area contributed by atoms with Gasteiger partial charge in [-0.05, 0) is 46.1 Å². The number of nitrogens with zero attached hydrogens (tertiary/aromatic N) is 2. The zero-order valence-corrected chi connectivity index (χ0v) is 12.5. The van der Waals surface area contributed by atoms with Gasteiger partial charge in [0.05, 0.1) is 0 Å². The van der Waals surface area contributed by atoms with E-state index in [2.05, 4.69) is 48.5 Å². The molecule has 2 rings (SSSR count). The van der Waals surface area contributed by atoms with Gasteiger partial charge < -0.3 is 10.2 Å². The Labute approximate surface area is 117 Å². The fraction of sp³-hybridized carbons (Fsp3) is 0.688. The first-order valence-corrected chi connectivity index (χ1v) is 7.43. The molecule has 0 aliphatic heterocycles. The number of aromatic nitrogens is 1. The van der Waals surface area contributed by atoms with Gasteiger partial charge in [-0.3, -0.25) is 4.98 Å². The monoisotopic (exact) mass is 261 g/mol. The molecule has 1 aromatic heterocycles. The third kappa shape index (κ3) is 3.15. The van der Waals surface area contributed by atoms with Gasteiger partial charge >= 0.3 is 0 Å². The second-order valence-corrected chi connectivity index (χ2v) is 5.93. The lowest BCUT2D eigenvalue weighted by Crippen LogP contribution is -2.60. The molecule has 3 heteroatoms. The molecule has 1 atom stereocenters. The largest absolute Gasteiger partial charge is 0.315 e. The first kappa shape index (κ1) is 14.5. The third-order valence-electron chi connectivity index (χ3n) is 4.75. The third-order valence-corrected chi connectivity index (χ3v) is 4.75. The van der Waals surface area contributed by atoms with Crippen molar-refractivity contribution in [3.8, 4) is 0 Å². The van der Waals surface area contributed by atoms with E-state index >= 15 is 0 Å². The van der Waals surface area contributed by atoms with Crippen molar-refractivity contribution < 1.29 is 0 Å². The molecule has 1 unspecified atom stereocenters. The highest BCUT2D eigenvalue weighted by Crippen LogP contribution is 2.36. The molecule has 0 bridgehead atoms. The van der Waals surface area contributed by atoms with Gasteiger partial charge in [-0.25, -0.2) is 0 Å². The lowest BCUT2D eigenvalue weighted by molar-refractivity contribution is 0.0595. The van der Waals surface area contributed by atoms with E-state index in [1.54, 1.807) is 0 Å². The number of nitrogens with one attached hydrogen (secondary N) is 1. The van der Waals surface area contributed by atoms with Crippen LogP contribution in [0.2, 0.25) is 0 Å². The predicted octanol–water partition coefficient (Wildman–Crippen LogP) is 2.48. The Morgan fingerprint density at radius 1 is 1.26 bits per heavy atom. The van der Waals surface area contributed by atoms with E-state index in [0.29, 0.717) is 6.04 Å². The Balaban J connectivity index is 2.17. The van der Waals surface area contributed by atoms with Crippen molar-refractivity contribution in [3.05, 3.63) is 30.1 Å². The second kappa shape index (κ2) is 6.49. The molecule has 19 heavy (non-hydrogen) atoms. The molecule has 0 radical (unpaired) electrons. The zero-order chi connectivity index (χ0) is 13.7. The summed E-state index contributed by atoms with van der Waals surface area (Å²) in [5.41, 5.74) is 1.47. The lowest BCUT2D eigenvalue weighted by atomic mass is 9.74. The highest BCUT2D eigenvalue weighted by Gasteiger charge is 2.40. The molecule has 1 aliphatic rings. The van der Waals surface area contributed by atoms with E-state index in [-0.39, 0.29) is 5.54 Å². The average Bonchev–Trinajstić information content (AvgIpc) is 2.46. The Morgan fingerprint density at radius 2 is 2.00 bits per heavy atom. The van der Waals surface area contributed by atoms with Crippen LogP contribution < -0.4 is 5.32 Å². The minimum atomic E-state index is 0.282. The highest BCUT2D eigenvalue weighted by atomic mass is 15.2. The Kier molecular flexibility index (Phi) is 4.94. The molecule has 1 heterocycles. The molecule has 1 N–H and O–H groups in total. The van der Waals surface area contributed by atoms with Gasteiger partial charge in [0.25, 0.3) is 0 Å². The zero-order valence-electron chi connectivity index (χ0n) is 12.5. The maximum absolute atomic E-state index is 4.49. The Morgan fingerprint density at radius 3 is 2.53 bits per heavy atom. The van der Waals surface area contributed by atoms with Gasteiger partial charge in [-0.15, -0.1) is 0 Å².